The molecule has 0 saturated carbocycles. The highest BCUT2D eigenvalue weighted by atomic mass is 35.5. The average Bonchev–Trinajstić information content (AvgIpc) is 2.26. The zero-order chi connectivity index (χ0) is 12.1. The fraction of sp³-hybridized carbons (Fsp3) is 0.400. The van der Waals surface area contributed by atoms with Crippen LogP contribution >= 0.6 is 11.6 Å². The zero-order valence-electron chi connectivity index (χ0n) is 8.89. The van der Waals surface area contributed by atoms with Gasteiger partial charge in [0.2, 0.25) is 0 Å². The van der Waals surface area contributed by atoms with E-state index in [0.29, 0.717) is 22.2 Å². The molecule has 6 heteroatoms. The topological polar surface area (TPSA) is 30.5 Å². The number of methoxy groups -OCH3 is 2. The summed E-state index contributed by atoms with van der Waals surface area (Å²) in [5.74, 6) is 0.836. The first-order valence-corrected chi connectivity index (χ1v) is 4.89. The van der Waals surface area contributed by atoms with E-state index in [1.807, 2.05) is 0 Å². The second kappa shape index (κ2) is 5.75. The van der Waals surface area contributed by atoms with Crippen molar-refractivity contribution in [3.05, 3.63) is 17.2 Å². The number of alkyl halides is 2. The summed E-state index contributed by atoms with van der Waals surface area (Å²) >= 11 is 5.87. The van der Waals surface area contributed by atoms with Gasteiger partial charge in [-0.05, 0) is 6.07 Å². The van der Waals surface area contributed by atoms with Crippen LogP contribution in [0, 0.1) is 0 Å². The standard InChI is InChI=1S/C10H12ClF2NO2/c1-15-8-4-9(16-2)7(3-6(8)11)14-5-10(12)13/h3-4,10,14H,5H2,1-2H3. The van der Waals surface area contributed by atoms with Crippen LogP contribution < -0.4 is 14.8 Å². The smallest absolute Gasteiger partial charge is 0.255 e. The Hall–Kier alpha value is -1.23. The van der Waals surface area contributed by atoms with Gasteiger partial charge in [0.1, 0.15) is 11.5 Å². The van der Waals surface area contributed by atoms with Crippen molar-refractivity contribution in [3.8, 4) is 11.5 Å². The van der Waals surface area contributed by atoms with E-state index in [9.17, 15) is 8.78 Å². The van der Waals surface area contributed by atoms with Crippen LogP contribution in [0.1, 0.15) is 0 Å². The molecule has 3 nitrogen and oxygen atoms in total. The van der Waals surface area contributed by atoms with Gasteiger partial charge in [0, 0.05) is 6.07 Å². The van der Waals surface area contributed by atoms with Crippen molar-refractivity contribution in [2.75, 3.05) is 26.1 Å². The van der Waals surface area contributed by atoms with Gasteiger partial charge in [-0.1, -0.05) is 11.6 Å². The molecule has 1 aromatic rings. The normalized spacial score (nSPS) is 10.4. The molecule has 0 saturated heterocycles. The molecule has 0 heterocycles. The number of nitrogens with one attached hydrogen (secondary N) is 1. The van der Waals surface area contributed by atoms with Crippen LogP contribution in [0.3, 0.4) is 0 Å². The van der Waals surface area contributed by atoms with Gasteiger partial charge in [-0.15, -0.1) is 0 Å². The number of anilines is 1. The van der Waals surface area contributed by atoms with Crippen molar-refractivity contribution in [1.29, 1.82) is 0 Å². The maximum atomic E-state index is 12.0. The molecule has 0 fully saturated rings. The molecule has 1 rings (SSSR count). The first-order chi connectivity index (χ1) is 7.58. The van der Waals surface area contributed by atoms with Crippen LogP contribution in [0.2, 0.25) is 5.02 Å². The summed E-state index contributed by atoms with van der Waals surface area (Å²) in [5.41, 5.74) is 0.411. The summed E-state index contributed by atoms with van der Waals surface area (Å²) in [6, 6.07) is 3.03. The Kier molecular flexibility index (Phi) is 4.61. The number of hydrogen-bond acceptors (Lipinski definition) is 3. The van der Waals surface area contributed by atoms with Crippen molar-refractivity contribution in [3.63, 3.8) is 0 Å². The Balaban J connectivity index is 2.94. The van der Waals surface area contributed by atoms with E-state index in [1.165, 1.54) is 26.4 Å². The summed E-state index contributed by atoms with van der Waals surface area (Å²) < 4.78 is 34.1. The first kappa shape index (κ1) is 12.8. The second-order valence-electron chi connectivity index (χ2n) is 2.96. The number of rotatable bonds is 5. The molecule has 1 N–H and O–H groups in total. The summed E-state index contributed by atoms with van der Waals surface area (Å²) in [7, 11) is 2.91. The molecule has 0 amide bonds. The van der Waals surface area contributed by atoms with E-state index < -0.39 is 13.0 Å². The molecule has 0 aromatic heterocycles. The van der Waals surface area contributed by atoms with E-state index in [-0.39, 0.29) is 0 Å². The van der Waals surface area contributed by atoms with Gasteiger partial charge in [-0.3, -0.25) is 0 Å². The number of hydrogen-bond donors (Lipinski definition) is 1. The molecule has 0 bridgehead atoms. The quantitative estimate of drug-likeness (QED) is 0.873. The Morgan fingerprint density at radius 1 is 1.25 bits per heavy atom. The van der Waals surface area contributed by atoms with E-state index in [2.05, 4.69) is 5.32 Å². The summed E-state index contributed by atoms with van der Waals surface area (Å²) in [5, 5.41) is 2.87. The molecule has 0 aliphatic heterocycles. The minimum Gasteiger partial charge on any atom is -0.495 e. The van der Waals surface area contributed by atoms with Crippen molar-refractivity contribution < 1.29 is 18.3 Å². The fourth-order valence-electron chi connectivity index (χ4n) is 1.19. The molecule has 0 unspecified atom stereocenters. The van der Waals surface area contributed by atoms with Gasteiger partial charge in [0.15, 0.2) is 0 Å². The lowest BCUT2D eigenvalue weighted by atomic mass is 10.2. The number of ether oxygens (including phenoxy) is 2. The second-order valence-corrected chi connectivity index (χ2v) is 3.37. The van der Waals surface area contributed by atoms with Crippen LogP contribution in [0.4, 0.5) is 14.5 Å². The van der Waals surface area contributed by atoms with Crippen molar-refractivity contribution >= 4 is 17.3 Å². The molecule has 0 atom stereocenters. The zero-order valence-corrected chi connectivity index (χ0v) is 9.65. The summed E-state index contributed by atoms with van der Waals surface area (Å²) in [6.45, 7) is -0.459. The fourth-order valence-corrected chi connectivity index (χ4v) is 1.43. The molecule has 0 aliphatic carbocycles. The predicted molar refractivity (Wildman–Crippen MR) is 59.0 cm³/mol. The average molecular weight is 252 g/mol. The Morgan fingerprint density at radius 3 is 2.38 bits per heavy atom. The highest BCUT2D eigenvalue weighted by molar-refractivity contribution is 6.32. The van der Waals surface area contributed by atoms with Crippen molar-refractivity contribution in [2.45, 2.75) is 6.43 Å². The largest absolute Gasteiger partial charge is 0.495 e. The summed E-state index contributed by atoms with van der Waals surface area (Å²) in [4.78, 5) is 0. The van der Waals surface area contributed by atoms with Crippen LogP contribution in [-0.4, -0.2) is 27.2 Å². The molecule has 0 spiro atoms. The third kappa shape index (κ3) is 3.13. The monoisotopic (exact) mass is 251 g/mol. The van der Waals surface area contributed by atoms with Gasteiger partial charge >= 0.3 is 0 Å². The minimum atomic E-state index is -2.44. The Bertz CT molecular complexity index is 361. The van der Waals surface area contributed by atoms with E-state index in [0.717, 1.165) is 0 Å². The van der Waals surface area contributed by atoms with Crippen LogP contribution in [0.15, 0.2) is 12.1 Å². The van der Waals surface area contributed by atoms with E-state index in [1.54, 1.807) is 0 Å². The highest BCUT2D eigenvalue weighted by Gasteiger charge is 2.11. The molecule has 0 aliphatic rings. The van der Waals surface area contributed by atoms with Crippen LogP contribution in [-0.2, 0) is 0 Å². The third-order valence-corrected chi connectivity index (χ3v) is 2.22. The van der Waals surface area contributed by atoms with E-state index >= 15 is 0 Å². The van der Waals surface area contributed by atoms with Crippen LogP contribution in [0.5, 0.6) is 11.5 Å². The maximum Gasteiger partial charge on any atom is 0.255 e. The van der Waals surface area contributed by atoms with E-state index in [4.69, 9.17) is 21.1 Å². The van der Waals surface area contributed by atoms with Gasteiger partial charge in [0.25, 0.3) is 6.43 Å². The molecule has 0 radical (unpaired) electrons. The minimum absolute atomic E-state index is 0.333. The summed E-state index contributed by atoms with van der Waals surface area (Å²) in [6.07, 6.45) is -2.44. The molecular weight excluding hydrogens is 240 g/mol. The highest BCUT2D eigenvalue weighted by Crippen LogP contribution is 2.35. The van der Waals surface area contributed by atoms with Gasteiger partial charge in [-0.25, -0.2) is 8.78 Å². The van der Waals surface area contributed by atoms with Crippen molar-refractivity contribution in [1.82, 2.24) is 0 Å². The van der Waals surface area contributed by atoms with Gasteiger partial charge in [0.05, 0.1) is 31.5 Å². The predicted octanol–water partition coefficient (Wildman–Crippen LogP) is 3.03. The molecule has 16 heavy (non-hydrogen) atoms. The first-order valence-electron chi connectivity index (χ1n) is 4.52. The third-order valence-electron chi connectivity index (χ3n) is 1.92. The lowest BCUT2D eigenvalue weighted by Crippen LogP contribution is -2.11. The van der Waals surface area contributed by atoms with Gasteiger partial charge < -0.3 is 14.8 Å². The SMILES string of the molecule is COc1cc(OC)c(NCC(F)F)cc1Cl. The molecular formula is C10H12ClF2NO2. The Morgan fingerprint density at radius 2 is 1.88 bits per heavy atom. The molecule has 1 aromatic carbocycles. The number of halogens is 3. The lowest BCUT2D eigenvalue weighted by molar-refractivity contribution is 0.163. The maximum absolute atomic E-state index is 12.0. The van der Waals surface area contributed by atoms with Crippen LogP contribution in [0.25, 0.3) is 0 Å². The van der Waals surface area contributed by atoms with Crippen molar-refractivity contribution in [2.24, 2.45) is 0 Å². The Labute approximate surface area is 97.3 Å². The number of benzene rings is 1. The van der Waals surface area contributed by atoms with Gasteiger partial charge in [-0.2, -0.15) is 0 Å². The molecule has 90 valence electrons. The lowest BCUT2D eigenvalue weighted by Gasteiger charge is -2.13.